The third-order valence-corrected chi connectivity index (χ3v) is 5.04. The van der Waals surface area contributed by atoms with Crippen LogP contribution in [0.4, 0.5) is 0 Å². The second kappa shape index (κ2) is 8.52. The summed E-state index contributed by atoms with van der Waals surface area (Å²) in [5.41, 5.74) is 3.15. The normalized spacial score (nSPS) is 11.2. The van der Waals surface area contributed by atoms with Crippen LogP contribution in [-0.2, 0) is 6.61 Å². The highest BCUT2D eigenvalue weighted by Crippen LogP contribution is 2.25. The predicted octanol–water partition coefficient (Wildman–Crippen LogP) is 5.98. The van der Waals surface area contributed by atoms with E-state index in [9.17, 15) is 4.79 Å². The number of hydrogen-bond acceptors (Lipinski definition) is 3. The number of halogens is 2. The third-order valence-electron chi connectivity index (χ3n) is 4.32. The molecule has 4 rings (SSSR count). The van der Waals surface area contributed by atoms with Crippen molar-refractivity contribution in [2.75, 3.05) is 0 Å². The highest BCUT2D eigenvalue weighted by molar-refractivity contribution is 6.42. The average molecular weight is 423 g/mol. The molecule has 29 heavy (non-hydrogen) atoms. The largest absolute Gasteiger partial charge is 0.489 e. The Morgan fingerprint density at radius 2 is 1.66 bits per heavy atom. The molecule has 1 aromatic heterocycles. The molecule has 0 spiro atoms. The lowest BCUT2D eigenvalue weighted by atomic mass is 10.2. The highest BCUT2D eigenvalue weighted by atomic mass is 35.5. The van der Waals surface area contributed by atoms with E-state index >= 15 is 0 Å². The van der Waals surface area contributed by atoms with Gasteiger partial charge in [-0.1, -0.05) is 71.7 Å². The molecule has 144 valence electrons. The number of ether oxygens (including phenoxy) is 1. The molecule has 0 radical (unpaired) electrons. The Hall–Kier alpha value is -3.08. The molecule has 0 aliphatic rings. The second-order valence-corrected chi connectivity index (χ2v) is 7.23. The maximum absolute atomic E-state index is 12.3. The summed E-state index contributed by atoms with van der Waals surface area (Å²) in [5, 5.41) is 0.759. The van der Waals surface area contributed by atoms with Crippen LogP contribution in [-0.4, -0.2) is 9.97 Å². The molecule has 3 aromatic carbocycles. The van der Waals surface area contributed by atoms with Gasteiger partial charge in [-0.2, -0.15) is 0 Å². The quantitative estimate of drug-likeness (QED) is 0.430. The van der Waals surface area contributed by atoms with Crippen LogP contribution in [0.25, 0.3) is 23.2 Å². The van der Waals surface area contributed by atoms with E-state index in [-0.39, 0.29) is 5.56 Å². The summed E-state index contributed by atoms with van der Waals surface area (Å²) < 4.78 is 5.78. The molecule has 0 fully saturated rings. The molecule has 1 heterocycles. The molecule has 0 atom stereocenters. The number of benzene rings is 3. The highest BCUT2D eigenvalue weighted by Gasteiger charge is 2.06. The molecular formula is C23H16Cl2N2O2. The van der Waals surface area contributed by atoms with Crippen molar-refractivity contribution in [2.45, 2.75) is 6.61 Å². The first-order valence-electron chi connectivity index (χ1n) is 8.92. The van der Waals surface area contributed by atoms with Gasteiger partial charge in [0.25, 0.3) is 5.56 Å². The van der Waals surface area contributed by atoms with Crippen molar-refractivity contribution in [3.63, 3.8) is 0 Å². The molecule has 0 amide bonds. The Labute approximate surface area is 177 Å². The van der Waals surface area contributed by atoms with Crippen molar-refractivity contribution in [1.82, 2.24) is 9.97 Å². The Morgan fingerprint density at radius 3 is 2.41 bits per heavy atom. The van der Waals surface area contributed by atoms with E-state index in [1.54, 1.807) is 18.2 Å². The van der Waals surface area contributed by atoms with Gasteiger partial charge >= 0.3 is 0 Å². The maximum atomic E-state index is 12.3. The predicted molar refractivity (Wildman–Crippen MR) is 119 cm³/mol. The maximum Gasteiger partial charge on any atom is 0.274 e. The summed E-state index contributed by atoms with van der Waals surface area (Å²) >= 11 is 12.0. The van der Waals surface area contributed by atoms with Gasteiger partial charge in [0, 0.05) is 0 Å². The molecule has 4 nitrogen and oxygen atoms in total. The van der Waals surface area contributed by atoms with Gasteiger partial charge < -0.3 is 9.72 Å². The first kappa shape index (κ1) is 19.2. The van der Waals surface area contributed by atoms with E-state index in [4.69, 9.17) is 27.9 Å². The summed E-state index contributed by atoms with van der Waals surface area (Å²) in [6.45, 7) is 0.513. The summed E-state index contributed by atoms with van der Waals surface area (Å²) in [6.07, 6.45) is 3.49. The van der Waals surface area contributed by atoms with Crippen LogP contribution >= 0.6 is 23.2 Å². The molecule has 0 aliphatic heterocycles. The van der Waals surface area contributed by atoms with Crippen LogP contribution < -0.4 is 10.3 Å². The lowest BCUT2D eigenvalue weighted by Gasteiger charge is -2.06. The second-order valence-electron chi connectivity index (χ2n) is 6.41. The summed E-state index contributed by atoms with van der Waals surface area (Å²) in [7, 11) is 0. The molecular weight excluding hydrogens is 407 g/mol. The van der Waals surface area contributed by atoms with Gasteiger partial charge in [-0.05, 0) is 41.5 Å². The number of aromatic nitrogens is 2. The van der Waals surface area contributed by atoms with Crippen molar-refractivity contribution in [2.24, 2.45) is 0 Å². The van der Waals surface area contributed by atoms with Crippen LogP contribution in [0, 0.1) is 0 Å². The van der Waals surface area contributed by atoms with Gasteiger partial charge in [0.15, 0.2) is 0 Å². The van der Waals surface area contributed by atoms with E-state index in [1.165, 1.54) is 0 Å². The van der Waals surface area contributed by atoms with Crippen LogP contribution in [0.1, 0.15) is 16.8 Å². The molecule has 0 aliphatic carbocycles. The number of nitrogens with one attached hydrogen (secondary N) is 1. The number of H-pyrrole nitrogens is 1. The van der Waals surface area contributed by atoms with Crippen LogP contribution in [0.5, 0.6) is 5.75 Å². The van der Waals surface area contributed by atoms with Gasteiger partial charge in [-0.3, -0.25) is 4.79 Å². The molecule has 0 saturated carbocycles. The van der Waals surface area contributed by atoms with E-state index < -0.39 is 0 Å². The van der Waals surface area contributed by atoms with Crippen molar-refractivity contribution < 1.29 is 4.74 Å². The number of fused-ring (bicyclic) bond motifs is 1. The smallest absolute Gasteiger partial charge is 0.274 e. The van der Waals surface area contributed by atoms with Gasteiger partial charge in [0.2, 0.25) is 0 Å². The van der Waals surface area contributed by atoms with Crippen molar-refractivity contribution in [3.05, 3.63) is 104 Å². The standard InChI is InChI=1S/C23H16Cl2N2O2/c24-18-12-21-22(13-19(18)25)27-23(28)20(26-21)11-8-15-6-9-17(10-7-15)29-14-16-4-2-1-3-5-16/h1-13H,14H2,(H,27,28). The van der Waals surface area contributed by atoms with E-state index in [2.05, 4.69) is 9.97 Å². The van der Waals surface area contributed by atoms with E-state index in [0.717, 1.165) is 16.9 Å². The zero-order valence-corrected chi connectivity index (χ0v) is 16.7. The fourth-order valence-electron chi connectivity index (χ4n) is 2.80. The SMILES string of the molecule is O=c1[nH]c2cc(Cl)c(Cl)cc2nc1C=Cc1ccc(OCc2ccccc2)cc1. The summed E-state index contributed by atoms with van der Waals surface area (Å²) in [4.78, 5) is 19.4. The summed E-state index contributed by atoms with van der Waals surface area (Å²) in [6, 6.07) is 20.8. The lowest BCUT2D eigenvalue weighted by Crippen LogP contribution is -2.11. The third kappa shape index (κ3) is 4.67. The Bertz CT molecular complexity index is 1230. The zero-order chi connectivity index (χ0) is 20.2. The monoisotopic (exact) mass is 422 g/mol. The topological polar surface area (TPSA) is 55.0 Å². The Kier molecular flexibility index (Phi) is 5.65. The van der Waals surface area contributed by atoms with E-state index in [1.807, 2.05) is 60.7 Å². The zero-order valence-electron chi connectivity index (χ0n) is 15.2. The first-order valence-corrected chi connectivity index (χ1v) is 9.68. The average Bonchev–Trinajstić information content (AvgIpc) is 2.74. The number of nitrogens with zero attached hydrogens (tertiary/aromatic N) is 1. The molecule has 0 unspecified atom stereocenters. The van der Waals surface area contributed by atoms with Crippen molar-refractivity contribution in [1.29, 1.82) is 0 Å². The van der Waals surface area contributed by atoms with Crippen LogP contribution in [0.15, 0.2) is 71.5 Å². The van der Waals surface area contributed by atoms with Gasteiger partial charge in [-0.25, -0.2) is 4.98 Å². The van der Waals surface area contributed by atoms with E-state index in [0.29, 0.717) is 33.4 Å². The minimum Gasteiger partial charge on any atom is -0.489 e. The number of hydrogen-bond donors (Lipinski definition) is 1. The number of rotatable bonds is 5. The molecule has 0 bridgehead atoms. The minimum atomic E-state index is -0.296. The Morgan fingerprint density at radius 1 is 0.931 bits per heavy atom. The van der Waals surface area contributed by atoms with Crippen molar-refractivity contribution >= 4 is 46.4 Å². The number of aromatic amines is 1. The molecule has 0 saturated heterocycles. The Balaban J connectivity index is 1.49. The minimum absolute atomic E-state index is 0.292. The lowest BCUT2D eigenvalue weighted by molar-refractivity contribution is 0.306. The van der Waals surface area contributed by atoms with Gasteiger partial charge in [0.05, 0.1) is 21.1 Å². The fraction of sp³-hybridized carbons (Fsp3) is 0.0435. The van der Waals surface area contributed by atoms with Crippen molar-refractivity contribution in [3.8, 4) is 5.75 Å². The first-order chi connectivity index (χ1) is 14.1. The van der Waals surface area contributed by atoms with Gasteiger partial charge in [-0.15, -0.1) is 0 Å². The van der Waals surface area contributed by atoms with Crippen LogP contribution in [0.2, 0.25) is 10.0 Å². The molecule has 4 aromatic rings. The summed E-state index contributed by atoms with van der Waals surface area (Å²) in [5.74, 6) is 0.777. The van der Waals surface area contributed by atoms with Gasteiger partial charge in [0.1, 0.15) is 18.1 Å². The molecule has 1 N–H and O–H groups in total. The molecule has 6 heteroatoms. The van der Waals surface area contributed by atoms with Crippen LogP contribution in [0.3, 0.4) is 0 Å². The fourth-order valence-corrected chi connectivity index (χ4v) is 3.12.